The molecule has 0 saturated carbocycles. The summed E-state index contributed by atoms with van der Waals surface area (Å²) in [6.07, 6.45) is 3.10. The van der Waals surface area contributed by atoms with E-state index in [2.05, 4.69) is 0 Å². The van der Waals surface area contributed by atoms with Gasteiger partial charge in [0.1, 0.15) is 12.7 Å². The first-order valence-electron chi connectivity index (χ1n) is 11.6. The number of amides is 1. The van der Waals surface area contributed by atoms with Gasteiger partial charge in [0.05, 0.1) is 6.61 Å². The molecule has 0 spiro atoms. The Morgan fingerprint density at radius 2 is 1.86 bits per heavy atom. The number of halogens is 2. The Labute approximate surface area is 200 Å². The first kappa shape index (κ1) is 22.9. The van der Waals surface area contributed by atoms with E-state index in [9.17, 15) is 19.1 Å². The molecule has 0 radical (unpaired) electrons. The number of carbonyl (C=O) groups excluding carboxylic acids is 1. The van der Waals surface area contributed by atoms with E-state index in [0.29, 0.717) is 24.8 Å². The molecule has 0 unspecified atom stereocenters. The summed E-state index contributed by atoms with van der Waals surface area (Å²) < 4.78 is 36.6. The van der Waals surface area contributed by atoms with Crippen LogP contribution < -0.4 is 15.2 Å². The van der Waals surface area contributed by atoms with Crippen LogP contribution in [0.4, 0.5) is 8.78 Å². The maximum Gasteiger partial charge on any atom is 0.278 e. The van der Waals surface area contributed by atoms with Gasteiger partial charge in [-0.1, -0.05) is 37.3 Å². The van der Waals surface area contributed by atoms with Gasteiger partial charge in [-0.3, -0.25) is 19.3 Å². The number of benzene rings is 2. The molecule has 2 aromatic carbocycles. The van der Waals surface area contributed by atoms with Crippen molar-refractivity contribution in [2.24, 2.45) is 0 Å². The molecule has 1 N–H and O–H groups in total. The minimum Gasteiger partial charge on any atom is -0.502 e. The number of rotatable bonds is 2. The number of pyridine rings is 1. The average Bonchev–Trinajstić information content (AvgIpc) is 2.89. The second-order valence-electron chi connectivity index (χ2n) is 8.72. The first-order valence-corrected chi connectivity index (χ1v) is 11.6. The molecule has 1 amide bonds. The zero-order valence-corrected chi connectivity index (χ0v) is 19.2. The molecule has 3 aromatic rings. The average molecular weight is 481 g/mol. The number of hydrogen-bond acceptors (Lipinski definition) is 5. The van der Waals surface area contributed by atoms with Gasteiger partial charge < -0.3 is 14.7 Å². The summed E-state index contributed by atoms with van der Waals surface area (Å²) in [7, 11) is 0. The minimum absolute atomic E-state index is 0.102. The molecule has 0 saturated heterocycles. The number of fused-ring (bicyclic) bond motifs is 5. The fraction of sp³-hybridized carbons (Fsp3) is 0.308. The van der Waals surface area contributed by atoms with Gasteiger partial charge in [-0.2, -0.15) is 4.39 Å². The van der Waals surface area contributed by atoms with Crippen molar-refractivity contribution in [3.63, 3.8) is 0 Å². The zero-order chi connectivity index (χ0) is 24.7. The highest BCUT2D eigenvalue weighted by Crippen LogP contribution is 2.39. The van der Waals surface area contributed by atoms with E-state index in [1.54, 1.807) is 9.91 Å². The van der Waals surface area contributed by atoms with E-state index in [1.807, 2.05) is 37.3 Å². The highest BCUT2D eigenvalue weighted by atomic mass is 19.2. The van der Waals surface area contributed by atoms with E-state index in [0.717, 1.165) is 11.6 Å². The molecule has 7 nitrogen and oxygen atoms in total. The normalized spacial score (nSPS) is 19.9. The summed E-state index contributed by atoms with van der Waals surface area (Å²) >= 11 is 0. The molecule has 2 atom stereocenters. The van der Waals surface area contributed by atoms with Crippen LogP contribution in [0.25, 0.3) is 0 Å². The van der Waals surface area contributed by atoms with Gasteiger partial charge in [-0.05, 0) is 37.0 Å². The van der Waals surface area contributed by atoms with E-state index >= 15 is 4.39 Å². The molecule has 3 heterocycles. The lowest BCUT2D eigenvalue weighted by molar-refractivity contribution is 0.0568. The van der Waals surface area contributed by atoms with Crippen molar-refractivity contribution in [2.75, 3.05) is 18.3 Å². The van der Waals surface area contributed by atoms with Crippen molar-refractivity contribution in [1.82, 2.24) is 9.58 Å². The molecular weight excluding hydrogens is 456 g/mol. The van der Waals surface area contributed by atoms with Crippen molar-refractivity contribution in [3.8, 4) is 11.5 Å². The van der Waals surface area contributed by atoms with Crippen molar-refractivity contribution in [1.29, 1.82) is 0 Å². The van der Waals surface area contributed by atoms with Gasteiger partial charge >= 0.3 is 0 Å². The number of aromatic hydroxyl groups is 1. The molecule has 2 aliphatic rings. The summed E-state index contributed by atoms with van der Waals surface area (Å²) in [6, 6.07) is 11.9. The number of carbonyl (C=O) groups is 1. The largest absolute Gasteiger partial charge is 0.502 e. The van der Waals surface area contributed by atoms with E-state index in [1.165, 1.54) is 23.0 Å². The molecule has 182 valence electrons. The van der Waals surface area contributed by atoms with Crippen molar-refractivity contribution in [2.45, 2.75) is 38.3 Å². The van der Waals surface area contributed by atoms with Crippen LogP contribution in [-0.2, 0) is 0 Å². The van der Waals surface area contributed by atoms with Gasteiger partial charge in [0.15, 0.2) is 23.0 Å². The molecular formula is C26H25F2N3O4. The van der Waals surface area contributed by atoms with Gasteiger partial charge in [-0.15, -0.1) is 0 Å². The molecule has 9 heteroatoms. The third-order valence-corrected chi connectivity index (χ3v) is 6.72. The van der Waals surface area contributed by atoms with Crippen LogP contribution in [0.15, 0.2) is 59.5 Å². The Morgan fingerprint density at radius 1 is 1.09 bits per heavy atom. The molecule has 5 rings (SSSR count). The molecule has 2 aliphatic heterocycles. The standard InChI is InChI=1S/C26H25F2N3O4/c1-2-17-9-6-14-35-25-18(10-11-19(27)21(25)28)22(16-7-4-3-5-8-16)31-15-29(17)26(34)23-24(33)20(32)12-13-30(23)31/h3-5,7-8,10-13,17,22,33H,2,6,9,14-15H2,1H3/t17-,22+/m1/s1. The van der Waals surface area contributed by atoms with E-state index in [-0.39, 0.29) is 30.8 Å². The van der Waals surface area contributed by atoms with Crippen LogP contribution in [0.5, 0.6) is 11.5 Å². The predicted octanol–water partition coefficient (Wildman–Crippen LogP) is 3.92. The highest BCUT2D eigenvalue weighted by molar-refractivity contribution is 5.96. The van der Waals surface area contributed by atoms with Crippen LogP contribution in [0.3, 0.4) is 0 Å². The van der Waals surface area contributed by atoms with Crippen molar-refractivity contribution < 1.29 is 23.4 Å². The van der Waals surface area contributed by atoms with Crippen molar-refractivity contribution in [3.05, 3.63) is 93.4 Å². The first-order chi connectivity index (χ1) is 16.9. The monoisotopic (exact) mass is 481 g/mol. The Hall–Kier alpha value is -3.88. The van der Waals surface area contributed by atoms with Crippen LogP contribution in [0.2, 0.25) is 0 Å². The van der Waals surface area contributed by atoms with E-state index in [4.69, 9.17) is 4.74 Å². The Kier molecular flexibility index (Phi) is 5.92. The summed E-state index contributed by atoms with van der Waals surface area (Å²) in [5.41, 5.74) is 0.266. The fourth-order valence-electron chi connectivity index (χ4n) is 4.97. The molecule has 1 aromatic heterocycles. The lowest BCUT2D eigenvalue weighted by Crippen LogP contribution is -2.58. The summed E-state index contributed by atoms with van der Waals surface area (Å²) in [4.78, 5) is 27.5. The number of nitrogens with zero attached hydrogens (tertiary/aromatic N) is 3. The Balaban J connectivity index is 1.82. The minimum atomic E-state index is -1.08. The van der Waals surface area contributed by atoms with Crippen molar-refractivity contribution >= 4 is 5.91 Å². The smallest absolute Gasteiger partial charge is 0.278 e. The van der Waals surface area contributed by atoms with Crippen LogP contribution in [0.1, 0.15) is 53.8 Å². The maximum absolute atomic E-state index is 15.1. The van der Waals surface area contributed by atoms with Gasteiger partial charge in [0.25, 0.3) is 5.91 Å². The number of ether oxygens (including phenoxy) is 1. The zero-order valence-electron chi connectivity index (χ0n) is 19.2. The van der Waals surface area contributed by atoms with Crippen LogP contribution >= 0.6 is 0 Å². The number of aromatic nitrogens is 1. The van der Waals surface area contributed by atoms with Crippen LogP contribution in [0, 0.1) is 11.6 Å². The third-order valence-electron chi connectivity index (χ3n) is 6.72. The summed E-state index contributed by atoms with van der Waals surface area (Å²) in [6.45, 7) is 2.20. The fourth-order valence-corrected chi connectivity index (χ4v) is 4.97. The Bertz CT molecular complexity index is 1330. The second kappa shape index (κ2) is 9.05. The van der Waals surface area contributed by atoms with E-state index < -0.39 is 34.8 Å². The third kappa shape index (κ3) is 3.80. The number of hydrogen-bond donors (Lipinski definition) is 1. The second-order valence-corrected chi connectivity index (χ2v) is 8.72. The van der Waals surface area contributed by atoms with Crippen LogP contribution in [-0.4, -0.2) is 39.9 Å². The SMILES string of the molecule is CC[C@@H]1CCCOc2c(ccc(F)c2F)[C@H](c2ccccc2)N2CN1C(=O)c1c(O)c(=O)ccn12. The van der Waals surface area contributed by atoms with Gasteiger partial charge in [0.2, 0.25) is 11.2 Å². The maximum atomic E-state index is 15.1. The Morgan fingerprint density at radius 3 is 2.60 bits per heavy atom. The lowest BCUT2D eigenvalue weighted by Gasteiger charge is -2.46. The topological polar surface area (TPSA) is 75.0 Å². The molecule has 0 aliphatic carbocycles. The van der Waals surface area contributed by atoms with Gasteiger partial charge in [-0.25, -0.2) is 4.39 Å². The quantitative estimate of drug-likeness (QED) is 0.601. The molecule has 0 fully saturated rings. The highest BCUT2D eigenvalue weighted by Gasteiger charge is 2.40. The van der Waals surface area contributed by atoms with Gasteiger partial charge in [0, 0.05) is 23.9 Å². The molecule has 35 heavy (non-hydrogen) atoms. The lowest BCUT2D eigenvalue weighted by atomic mass is 9.96. The molecule has 2 bridgehead atoms. The summed E-state index contributed by atoms with van der Waals surface area (Å²) in [5.74, 6) is -3.40. The predicted molar refractivity (Wildman–Crippen MR) is 125 cm³/mol. The summed E-state index contributed by atoms with van der Waals surface area (Å²) in [5, 5.41) is 12.4.